The number of hydrogen-bond acceptors (Lipinski definition) is 4. The van der Waals surface area contributed by atoms with Crippen LogP contribution in [0.1, 0.15) is 172 Å². The van der Waals surface area contributed by atoms with Crippen molar-refractivity contribution in [1.82, 2.24) is 16.0 Å². The maximum atomic E-state index is 13.4. The number of ketones is 1. The molecule has 0 aliphatic heterocycles. The van der Waals surface area contributed by atoms with Gasteiger partial charge in [0.05, 0.1) is 0 Å². The number of amides is 3. The van der Waals surface area contributed by atoms with E-state index in [4.69, 9.17) is 0 Å². The summed E-state index contributed by atoms with van der Waals surface area (Å²) >= 11 is 0. The molecular formula is C56H85N3O4. The average molecular weight is 864 g/mol. The molecular weight excluding hydrogens is 779 g/mol. The van der Waals surface area contributed by atoms with Crippen molar-refractivity contribution in [2.24, 2.45) is 16.7 Å². The van der Waals surface area contributed by atoms with Gasteiger partial charge in [0.25, 0.3) is 0 Å². The first kappa shape index (κ1) is 54.6. The van der Waals surface area contributed by atoms with E-state index in [9.17, 15) is 19.2 Å². The molecule has 0 saturated heterocycles. The molecule has 7 heteroatoms. The summed E-state index contributed by atoms with van der Waals surface area (Å²) in [6, 6.07) is 0. The molecule has 0 radical (unpaired) electrons. The molecule has 3 N–H and O–H groups in total. The minimum atomic E-state index is -0.461. The second kappa shape index (κ2) is 29.0. The van der Waals surface area contributed by atoms with Crippen LogP contribution in [-0.4, -0.2) is 43.1 Å². The van der Waals surface area contributed by atoms with Crippen molar-refractivity contribution in [3.63, 3.8) is 0 Å². The predicted octanol–water partition coefficient (Wildman–Crippen LogP) is 13.1. The van der Waals surface area contributed by atoms with Crippen LogP contribution in [0.2, 0.25) is 0 Å². The molecule has 63 heavy (non-hydrogen) atoms. The molecule has 0 fully saturated rings. The van der Waals surface area contributed by atoms with Gasteiger partial charge in [-0.15, -0.1) is 0 Å². The third kappa shape index (κ3) is 22.6. The zero-order chi connectivity index (χ0) is 46.8. The van der Waals surface area contributed by atoms with Crippen LogP contribution in [0.15, 0.2) is 117 Å². The quantitative estimate of drug-likeness (QED) is 0.0458. The SMILES string of the molecule is CCCC(=O)NCCCCCNC(=O)C(CCCCNC(=O)/C=C(C)/C=C/C=C(C)/C=C/C1=C(C)CCCC1(C)C)CC(=O)/C=C(C)/C=C/C=C(C)/C=C/C1=C(C)CCCC1(C)C. The number of unbranched alkanes of at least 4 members (excludes halogenated alkanes) is 3. The normalized spacial score (nSPS) is 18.3. The Morgan fingerprint density at radius 1 is 0.619 bits per heavy atom. The van der Waals surface area contributed by atoms with Gasteiger partial charge in [0.2, 0.25) is 17.7 Å². The lowest BCUT2D eigenvalue weighted by Crippen LogP contribution is -2.33. The molecule has 2 rings (SSSR count). The van der Waals surface area contributed by atoms with Crippen LogP contribution in [0.3, 0.4) is 0 Å². The fourth-order valence-corrected chi connectivity index (χ4v) is 8.55. The van der Waals surface area contributed by atoms with E-state index in [1.54, 1.807) is 12.2 Å². The minimum absolute atomic E-state index is 0.0775. The third-order valence-electron chi connectivity index (χ3n) is 12.3. The van der Waals surface area contributed by atoms with Gasteiger partial charge < -0.3 is 16.0 Å². The first-order chi connectivity index (χ1) is 29.8. The molecule has 0 aromatic carbocycles. The highest BCUT2D eigenvalue weighted by atomic mass is 16.2. The molecule has 2 aliphatic rings. The van der Waals surface area contributed by atoms with Gasteiger partial charge in [-0.1, -0.05) is 124 Å². The Balaban J connectivity index is 1.95. The van der Waals surface area contributed by atoms with E-state index in [2.05, 4.69) is 108 Å². The Hall–Kier alpha value is -4.52. The summed E-state index contributed by atoms with van der Waals surface area (Å²) < 4.78 is 0. The highest BCUT2D eigenvalue weighted by Crippen LogP contribution is 2.41. The van der Waals surface area contributed by atoms with E-state index in [1.165, 1.54) is 54.4 Å². The van der Waals surface area contributed by atoms with E-state index < -0.39 is 5.92 Å². The first-order valence-corrected chi connectivity index (χ1v) is 24.0. The second-order valence-corrected chi connectivity index (χ2v) is 19.5. The second-order valence-electron chi connectivity index (χ2n) is 19.5. The summed E-state index contributed by atoms with van der Waals surface area (Å²) in [7, 11) is 0. The fraction of sp³-hybridized carbons (Fsp3) is 0.571. The number of rotatable bonds is 26. The van der Waals surface area contributed by atoms with Crippen LogP contribution < -0.4 is 16.0 Å². The lowest BCUT2D eigenvalue weighted by atomic mass is 9.72. The summed E-state index contributed by atoms with van der Waals surface area (Å²) in [4.78, 5) is 51.1. The topological polar surface area (TPSA) is 104 Å². The van der Waals surface area contributed by atoms with E-state index in [-0.39, 0.29) is 40.8 Å². The van der Waals surface area contributed by atoms with Crippen LogP contribution in [0.4, 0.5) is 0 Å². The molecule has 348 valence electrons. The van der Waals surface area contributed by atoms with Gasteiger partial charge in [0, 0.05) is 44.5 Å². The van der Waals surface area contributed by atoms with E-state index in [1.807, 2.05) is 45.1 Å². The Labute approximate surface area is 383 Å². The minimum Gasteiger partial charge on any atom is -0.356 e. The van der Waals surface area contributed by atoms with Gasteiger partial charge in [0.15, 0.2) is 5.78 Å². The van der Waals surface area contributed by atoms with Gasteiger partial charge in [-0.25, -0.2) is 0 Å². The van der Waals surface area contributed by atoms with E-state index >= 15 is 0 Å². The largest absolute Gasteiger partial charge is 0.356 e. The molecule has 2 aliphatic carbocycles. The number of allylic oxidation sites excluding steroid dienone is 19. The van der Waals surface area contributed by atoms with E-state index in [0.717, 1.165) is 54.4 Å². The molecule has 0 bridgehead atoms. The molecule has 0 heterocycles. The van der Waals surface area contributed by atoms with Gasteiger partial charge in [-0.2, -0.15) is 0 Å². The predicted molar refractivity (Wildman–Crippen MR) is 267 cm³/mol. The summed E-state index contributed by atoms with van der Waals surface area (Å²) in [6.45, 7) is 25.4. The average Bonchev–Trinajstić information content (AvgIpc) is 3.19. The van der Waals surface area contributed by atoms with Crippen LogP contribution in [0, 0.1) is 16.7 Å². The van der Waals surface area contributed by atoms with Crippen LogP contribution in [0.5, 0.6) is 0 Å². The van der Waals surface area contributed by atoms with Crippen LogP contribution in [0.25, 0.3) is 0 Å². The number of carbonyl (C=O) groups excluding carboxylic acids is 4. The number of carbonyl (C=O) groups is 4. The molecule has 0 spiro atoms. The van der Waals surface area contributed by atoms with Crippen LogP contribution in [-0.2, 0) is 19.2 Å². The summed E-state index contributed by atoms with van der Waals surface area (Å²) in [5.74, 6) is -0.720. The monoisotopic (exact) mass is 864 g/mol. The highest BCUT2D eigenvalue weighted by Gasteiger charge is 2.27. The molecule has 1 atom stereocenters. The lowest BCUT2D eigenvalue weighted by molar-refractivity contribution is -0.128. The number of hydrogen-bond donors (Lipinski definition) is 3. The van der Waals surface area contributed by atoms with Crippen LogP contribution >= 0.6 is 0 Å². The fourth-order valence-electron chi connectivity index (χ4n) is 8.55. The maximum absolute atomic E-state index is 13.4. The van der Waals surface area contributed by atoms with Crippen molar-refractivity contribution in [1.29, 1.82) is 0 Å². The van der Waals surface area contributed by atoms with E-state index in [0.29, 0.717) is 45.3 Å². The molecule has 0 aromatic heterocycles. The summed E-state index contributed by atoms with van der Waals surface area (Å²) in [5.41, 5.74) is 10.2. The summed E-state index contributed by atoms with van der Waals surface area (Å²) in [5, 5.41) is 8.97. The molecule has 1 unspecified atom stereocenters. The Bertz CT molecular complexity index is 1850. The smallest absolute Gasteiger partial charge is 0.244 e. The van der Waals surface area contributed by atoms with Crippen molar-refractivity contribution in [3.8, 4) is 0 Å². The van der Waals surface area contributed by atoms with Crippen molar-refractivity contribution in [2.45, 2.75) is 172 Å². The lowest BCUT2D eigenvalue weighted by Gasteiger charge is -2.33. The molecule has 0 aromatic rings. The van der Waals surface area contributed by atoms with Crippen molar-refractivity contribution in [2.75, 3.05) is 19.6 Å². The van der Waals surface area contributed by atoms with Gasteiger partial charge >= 0.3 is 0 Å². The Morgan fingerprint density at radius 2 is 1.11 bits per heavy atom. The number of nitrogens with one attached hydrogen (secondary N) is 3. The molecule has 0 saturated carbocycles. The Morgan fingerprint density at radius 3 is 1.63 bits per heavy atom. The van der Waals surface area contributed by atoms with Gasteiger partial charge in [-0.3, -0.25) is 19.2 Å². The third-order valence-corrected chi connectivity index (χ3v) is 12.3. The standard InChI is InChI=1S/C56H85N3O4/c1-12-22-52(61)57-36-15-13-16-38-59-54(63)48(41-49(60)39-44(4)25-18-23-42(2)30-32-50-46(6)27-20-34-55(50,8)9)29-14-17-37-58-53(62)40-45(5)26-19-24-43(3)31-33-51-47(7)28-21-35-56(51,10)11/h18-19,23-26,30-33,39-40,48H,12-17,20-22,27-29,34-38,41H2,1-11H3,(H,57,61)(H,58,62)(H,59,63)/b25-18+,26-19+,32-30+,33-31+,42-23+,43-24+,44-39+,45-40+. The van der Waals surface area contributed by atoms with Gasteiger partial charge in [0.1, 0.15) is 0 Å². The zero-order valence-electron chi connectivity index (χ0n) is 41.4. The van der Waals surface area contributed by atoms with Crippen molar-refractivity contribution >= 4 is 23.5 Å². The van der Waals surface area contributed by atoms with Crippen molar-refractivity contribution in [3.05, 3.63) is 117 Å². The first-order valence-electron chi connectivity index (χ1n) is 24.0. The van der Waals surface area contributed by atoms with Gasteiger partial charge in [-0.05, 0) is 158 Å². The Kier molecular flexibility index (Phi) is 25.2. The highest BCUT2D eigenvalue weighted by molar-refractivity contribution is 5.94. The van der Waals surface area contributed by atoms with Crippen molar-refractivity contribution < 1.29 is 19.2 Å². The molecule has 3 amide bonds. The molecule has 7 nitrogen and oxygen atoms in total. The zero-order valence-corrected chi connectivity index (χ0v) is 41.4. The summed E-state index contributed by atoms with van der Waals surface area (Å²) in [6.07, 6.45) is 37.3. The maximum Gasteiger partial charge on any atom is 0.244 e.